The molecular weight excluding hydrogens is 404 g/mol. The van der Waals surface area contributed by atoms with E-state index in [1.165, 1.54) is 10.5 Å². The van der Waals surface area contributed by atoms with Crippen LogP contribution in [0.4, 0.5) is 0 Å². The van der Waals surface area contributed by atoms with Crippen LogP contribution in [0.1, 0.15) is 46.5 Å². The van der Waals surface area contributed by atoms with Crippen LogP contribution in [0.25, 0.3) is 0 Å². The van der Waals surface area contributed by atoms with Crippen LogP contribution in [-0.4, -0.2) is 17.3 Å². The van der Waals surface area contributed by atoms with Gasteiger partial charge in [0.1, 0.15) is 5.75 Å². The van der Waals surface area contributed by atoms with E-state index in [1.54, 1.807) is 18.9 Å². The van der Waals surface area contributed by atoms with Gasteiger partial charge in [0.15, 0.2) is 0 Å². The molecule has 0 amide bonds. The Morgan fingerprint density at radius 1 is 1.26 bits per heavy atom. The lowest BCUT2D eigenvalue weighted by molar-refractivity contribution is 0.409. The number of methoxy groups -OCH3 is 1. The molecule has 0 aliphatic heterocycles. The first kappa shape index (κ1) is 21.1. The van der Waals surface area contributed by atoms with Crippen molar-refractivity contribution in [1.82, 2.24) is 10.2 Å². The van der Waals surface area contributed by atoms with Crippen LogP contribution >= 0.6 is 11.8 Å². The Labute approximate surface area is 187 Å². The van der Waals surface area contributed by atoms with E-state index in [0.717, 1.165) is 46.0 Å². The van der Waals surface area contributed by atoms with Gasteiger partial charge < -0.3 is 10.5 Å². The molecule has 31 heavy (non-hydrogen) atoms. The van der Waals surface area contributed by atoms with Crippen LogP contribution in [0.3, 0.4) is 0 Å². The van der Waals surface area contributed by atoms with Crippen molar-refractivity contribution >= 4 is 11.8 Å². The number of aromatic nitrogens is 2. The molecule has 4 rings (SSSR count). The zero-order valence-electron chi connectivity index (χ0n) is 18.0. The molecule has 1 aliphatic rings. The number of fused-ring (bicyclic) bond motifs is 1. The number of aryl methyl sites for hydroxylation is 1. The Hall–Kier alpha value is -3.17. The van der Waals surface area contributed by atoms with Gasteiger partial charge in [-0.1, -0.05) is 36.8 Å². The topological polar surface area (TPSA) is 87.7 Å². The predicted octanol–water partition coefficient (Wildman–Crippen LogP) is 5.01. The number of ether oxygens (including phenoxy) is 1. The molecule has 2 aromatic carbocycles. The highest BCUT2D eigenvalue weighted by molar-refractivity contribution is 7.98. The summed E-state index contributed by atoms with van der Waals surface area (Å²) in [6.45, 7) is 4.19. The Bertz CT molecular complexity index is 1170. The number of hydrogen-bond donors (Lipinski definition) is 2. The minimum absolute atomic E-state index is 0.244. The molecule has 5 nitrogen and oxygen atoms in total. The number of nitrogens with zero attached hydrogens (tertiary/aromatic N) is 2. The van der Waals surface area contributed by atoms with Gasteiger partial charge in [-0.25, -0.2) is 0 Å². The largest absolute Gasteiger partial charge is 0.496 e. The molecule has 0 radical (unpaired) electrons. The second kappa shape index (κ2) is 8.91. The van der Waals surface area contributed by atoms with Crippen molar-refractivity contribution in [3.63, 3.8) is 0 Å². The van der Waals surface area contributed by atoms with E-state index < -0.39 is 0 Å². The number of nitrogens with two attached hydrogens (primary N) is 1. The summed E-state index contributed by atoms with van der Waals surface area (Å²) < 4.78 is 5.62. The third-order valence-corrected chi connectivity index (χ3v) is 6.86. The first-order valence-corrected chi connectivity index (χ1v) is 11.4. The van der Waals surface area contributed by atoms with Crippen LogP contribution in [0, 0.1) is 18.3 Å². The number of aromatic amines is 1. The van der Waals surface area contributed by atoms with E-state index in [2.05, 4.69) is 60.4 Å². The Balaban J connectivity index is 1.79. The summed E-state index contributed by atoms with van der Waals surface area (Å²) in [4.78, 5) is 1.20. The zero-order valence-corrected chi connectivity index (χ0v) is 18.8. The van der Waals surface area contributed by atoms with Gasteiger partial charge in [-0.3, -0.25) is 5.10 Å². The smallest absolute Gasteiger partial charge is 0.122 e. The van der Waals surface area contributed by atoms with E-state index in [0.29, 0.717) is 17.7 Å². The number of hydrogen-bond acceptors (Lipinski definition) is 5. The van der Waals surface area contributed by atoms with Crippen molar-refractivity contribution in [3.8, 4) is 11.8 Å². The normalized spacial score (nSPS) is 15.5. The molecule has 1 aliphatic carbocycles. The van der Waals surface area contributed by atoms with Crippen molar-refractivity contribution in [3.05, 3.63) is 87.4 Å². The Morgan fingerprint density at radius 3 is 2.71 bits per heavy atom. The maximum atomic E-state index is 10.0. The van der Waals surface area contributed by atoms with Gasteiger partial charge >= 0.3 is 0 Å². The van der Waals surface area contributed by atoms with Crippen LogP contribution in [-0.2, 0) is 18.6 Å². The summed E-state index contributed by atoms with van der Waals surface area (Å²) in [6.07, 6.45) is 1.29. The molecule has 1 unspecified atom stereocenters. The number of rotatable bonds is 6. The molecule has 1 aromatic heterocycles. The van der Waals surface area contributed by atoms with Crippen molar-refractivity contribution < 1.29 is 4.74 Å². The van der Waals surface area contributed by atoms with Crippen LogP contribution in [0.5, 0.6) is 5.75 Å². The lowest BCUT2D eigenvalue weighted by atomic mass is 9.76. The first-order chi connectivity index (χ1) is 15.1. The van der Waals surface area contributed by atoms with E-state index in [9.17, 15) is 5.26 Å². The Kier molecular flexibility index (Phi) is 6.06. The van der Waals surface area contributed by atoms with Gasteiger partial charge in [-0.15, -0.1) is 11.8 Å². The van der Waals surface area contributed by atoms with Gasteiger partial charge in [0.25, 0.3) is 0 Å². The average Bonchev–Trinajstić information content (AvgIpc) is 3.19. The molecule has 0 bridgehead atoms. The number of benzene rings is 2. The number of nitriles is 1. The zero-order chi connectivity index (χ0) is 22.0. The predicted molar refractivity (Wildman–Crippen MR) is 124 cm³/mol. The average molecular weight is 431 g/mol. The molecule has 6 heteroatoms. The molecule has 0 saturated heterocycles. The highest BCUT2D eigenvalue weighted by Crippen LogP contribution is 2.44. The fourth-order valence-electron chi connectivity index (χ4n) is 4.28. The second-order valence-corrected chi connectivity index (χ2v) is 8.76. The summed E-state index contributed by atoms with van der Waals surface area (Å²) in [5.74, 6) is 1.33. The van der Waals surface area contributed by atoms with Gasteiger partial charge in [-0.05, 0) is 42.7 Å². The summed E-state index contributed by atoms with van der Waals surface area (Å²) >= 11 is 1.76. The highest BCUT2D eigenvalue weighted by atomic mass is 32.2. The number of thioether (sulfide) groups is 1. The van der Waals surface area contributed by atoms with Gasteiger partial charge in [0.2, 0.25) is 0 Å². The molecular formula is C25H26N4OS. The summed E-state index contributed by atoms with van der Waals surface area (Å²) in [6, 6.07) is 16.9. The maximum Gasteiger partial charge on any atom is 0.122 e. The molecule has 1 atom stereocenters. The lowest BCUT2D eigenvalue weighted by Crippen LogP contribution is -2.21. The van der Waals surface area contributed by atoms with Crippen LogP contribution < -0.4 is 10.5 Å². The van der Waals surface area contributed by atoms with Gasteiger partial charge in [-0.2, -0.15) is 10.4 Å². The second-order valence-electron chi connectivity index (χ2n) is 7.71. The lowest BCUT2D eigenvalue weighted by Gasteiger charge is -2.27. The molecule has 0 fully saturated rings. The minimum atomic E-state index is -0.244. The Morgan fingerprint density at radius 2 is 2.03 bits per heavy atom. The quantitative estimate of drug-likeness (QED) is 0.537. The summed E-state index contributed by atoms with van der Waals surface area (Å²) in [7, 11) is 1.68. The summed E-state index contributed by atoms with van der Waals surface area (Å²) in [5.41, 5.74) is 14.0. The maximum absolute atomic E-state index is 10.0. The van der Waals surface area contributed by atoms with Crippen molar-refractivity contribution in [2.75, 3.05) is 7.11 Å². The van der Waals surface area contributed by atoms with Gasteiger partial charge in [0.05, 0.1) is 24.4 Å². The number of nitrogens with one attached hydrogen (secondary N) is 1. The van der Waals surface area contributed by atoms with E-state index >= 15 is 0 Å². The van der Waals surface area contributed by atoms with Crippen LogP contribution in [0.2, 0.25) is 0 Å². The molecule has 158 valence electrons. The highest BCUT2D eigenvalue weighted by Gasteiger charge is 2.34. The van der Waals surface area contributed by atoms with Gasteiger partial charge in [0, 0.05) is 39.9 Å². The molecule has 3 N–H and O–H groups in total. The third kappa shape index (κ3) is 3.94. The standard InChI is InChI=1S/C25H26N4OS/c1-4-17-18(6-5-7-23(17)30-3)24-19(13-26)20(27)12-21-25(24)22(29-28-21)14-31-16-10-8-15(2)9-11-16/h5-11,24H,4,12,14,27H2,1-3H3,(H,28,29). The molecule has 0 spiro atoms. The minimum Gasteiger partial charge on any atom is -0.496 e. The van der Waals surface area contributed by atoms with E-state index in [4.69, 9.17) is 10.5 Å². The molecule has 1 heterocycles. The van der Waals surface area contributed by atoms with Crippen molar-refractivity contribution in [1.29, 1.82) is 5.26 Å². The van der Waals surface area contributed by atoms with Crippen molar-refractivity contribution in [2.45, 2.75) is 43.3 Å². The number of allylic oxidation sites excluding steroid dienone is 2. The van der Waals surface area contributed by atoms with Crippen molar-refractivity contribution in [2.24, 2.45) is 5.73 Å². The molecule has 0 saturated carbocycles. The fraction of sp³-hybridized carbons (Fsp3) is 0.280. The SMILES string of the molecule is CCc1c(OC)cccc1C1C(C#N)=C(N)Cc2n[nH]c(CSc3ccc(C)cc3)c21. The number of H-pyrrole nitrogens is 1. The third-order valence-electron chi connectivity index (χ3n) is 5.82. The molecule has 3 aromatic rings. The fourth-order valence-corrected chi connectivity index (χ4v) is 5.14. The van der Waals surface area contributed by atoms with E-state index in [1.807, 2.05) is 12.1 Å². The monoisotopic (exact) mass is 430 g/mol. The first-order valence-electron chi connectivity index (χ1n) is 10.4. The summed E-state index contributed by atoms with van der Waals surface area (Å²) in [5, 5.41) is 17.8. The van der Waals surface area contributed by atoms with Crippen LogP contribution in [0.15, 0.2) is 58.6 Å². The van der Waals surface area contributed by atoms with E-state index in [-0.39, 0.29) is 5.92 Å².